The summed E-state index contributed by atoms with van der Waals surface area (Å²) in [6.07, 6.45) is -4.70. The summed E-state index contributed by atoms with van der Waals surface area (Å²) in [7, 11) is 0. The molecular formula is C15H18F3N5OS. The Hall–Kier alpha value is -2.23. The van der Waals surface area contributed by atoms with E-state index in [1.807, 2.05) is 37.3 Å². The molecule has 1 amide bonds. The minimum atomic E-state index is -4.70. The van der Waals surface area contributed by atoms with Gasteiger partial charge < -0.3 is 11.2 Å². The number of carbonyl (C=O) groups excluding carboxylic acids is 1. The summed E-state index contributed by atoms with van der Waals surface area (Å²) in [6, 6.07) is 9.66. The van der Waals surface area contributed by atoms with Crippen LogP contribution in [-0.2, 0) is 11.0 Å². The number of carbonyl (C=O) groups is 1. The third kappa shape index (κ3) is 4.88. The van der Waals surface area contributed by atoms with Crippen LogP contribution >= 0.6 is 11.8 Å². The van der Waals surface area contributed by atoms with E-state index < -0.39 is 17.3 Å². The molecule has 2 unspecified atom stereocenters. The fourth-order valence-electron chi connectivity index (χ4n) is 2.06. The van der Waals surface area contributed by atoms with E-state index in [0.29, 0.717) is 11.2 Å². The molecule has 0 saturated carbocycles. The number of rotatable bonds is 6. The van der Waals surface area contributed by atoms with Gasteiger partial charge in [0.15, 0.2) is 0 Å². The number of aromatic nitrogens is 3. The van der Waals surface area contributed by atoms with Crippen LogP contribution in [0.1, 0.15) is 31.2 Å². The largest absolute Gasteiger partial charge is 0.453 e. The summed E-state index contributed by atoms with van der Waals surface area (Å²) >= 11 is 0.815. The number of hydrogen-bond donors (Lipinski definition) is 2. The Bertz CT molecular complexity index is 720. The van der Waals surface area contributed by atoms with E-state index in [4.69, 9.17) is 5.84 Å². The number of thioether (sulfide) groups is 1. The van der Waals surface area contributed by atoms with Crippen LogP contribution in [0.15, 0.2) is 35.5 Å². The standard InChI is InChI=1S/C15H18F3N5OS/c1-9(11-6-4-3-5-7-11)8-20-12(24)10(2)25-14-22-21-13(23(14)19)15(16,17)18/h3-7,9-10H,8,19H2,1-2H3,(H,20,24). The summed E-state index contributed by atoms with van der Waals surface area (Å²) in [5.74, 6) is 3.84. The molecule has 6 nitrogen and oxygen atoms in total. The fourth-order valence-corrected chi connectivity index (χ4v) is 2.85. The van der Waals surface area contributed by atoms with Crippen molar-refractivity contribution < 1.29 is 18.0 Å². The second-order valence-electron chi connectivity index (χ2n) is 5.49. The molecule has 136 valence electrons. The van der Waals surface area contributed by atoms with E-state index in [1.165, 1.54) is 0 Å². The lowest BCUT2D eigenvalue weighted by molar-refractivity contribution is -0.146. The van der Waals surface area contributed by atoms with Crippen molar-refractivity contribution in [2.75, 3.05) is 12.4 Å². The van der Waals surface area contributed by atoms with Gasteiger partial charge >= 0.3 is 6.18 Å². The van der Waals surface area contributed by atoms with Gasteiger partial charge in [-0.15, -0.1) is 10.2 Å². The highest BCUT2D eigenvalue weighted by atomic mass is 32.2. The van der Waals surface area contributed by atoms with E-state index in [2.05, 4.69) is 15.5 Å². The number of halogens is 3. The predicted molar refractivity (Wildman–Crippen MR) is 88.4 cm³/mol. The number of nitrogens with one attached hydrogen (secondary N) is 1. The van der Waals surface area contributed by atoms with Crippen molar-refractivity contribution in [3.63, 3.8) is 0 Å². The average molecular weight is 373 g/mol. The van der Waals surface area contributed by atoms with E-state index >= 15 is 0 Å². The van der Waals surface area contributed by atoms with Crippen molar-refractivity contribution in [1.29, 1.82) is 0 Å². The molecule has 0 aliphatic heterocycles. The Kier molecular flexibility index (Phi) is 5.93. The molecule has 0 radical (unpaired) electrons. The Morgan fingerprint density at radius 3 is 2.48 bits per heavy atom. The lowest BCUT2D eigenvalue weighted by Crippen LogP contribution is -2.34. The Labute approximate surface area is 147 Å². The second kappa shape index (κ2) is 7.77. The first-order valence-corrected chi connectivity index (χ1v) is 8.35. The van der Waals surface area contributed by atoms with Gasteiger partial charge in [0.1, 0.15) is 0 Å². The predicted octanol–water partition coefficient (Wildman–Crippen LogP) is 2.41. The number of nitrogen functional groups attached to an aromatic ring is 1. The van der Waals surface area contributed by atoms with Gasteiger partial charge in [0.25, 0.3) is 5.82 Å². The second-order valence-corrected chi connectivity index (χ2v) is 6.80. The topological polar surface area (TPSA) is 85.8 Å². The van der Waals surface area contributed by atoms with E-state index in [0.717, 1.165) is 17.3 Å². The first-order valence-electron chi connectivity index (χ1n) is 7.47. The van der Waals surface area contributed by atoms with Crippen molar-refractivity contribution in [2.45, 2.75) is 36.3 Å². The first-order chi connectivity index (χ1) is 11.7. The van der Waals surface area contributed by atoms with Gasteiger partial charge in [-0.3, -0.25) is 4.79 Å². The van der Waals surface area contributed by atoms with E-state index in [1.54, 1.807) is 6.92 Å². The molecule has 1 aromatic carbocycles. The first kappa shape index (κ1) is 19.1. The highest BCUT2D eigenvalue weighted by Gasteiger charge is 2.38. The molecule has 10 heteroatoms. The van der Waals surface area contributed by atoms with Gasteiger partial charge in [0.2, 0.25) is 11.1 Å². The van der Waals surface area contributed by atoms with Crippen LogP contribution in [0.3, 0.4) is 0 Å². The lowest BCUT2D eigenvalue weighted by Gasteiger charge is -2.15. The Morgan fingerprint density at radius 2 is 1.92 bits per heavy atom. The van der Waals surface area contributed by atoms with Crippen LogP contribution in [0, 0.1) is 0 Å². The summed E-state index contributed by atoms with van der Waals surface area (Å²) in [6.45, 7) is 3.95. The van der Waals surface area contributed by atoms with Crippen LogP contribution in [0.4, 0.5) is 13.2 Å². The summed E-state index contributed by atoms with van der Waals surface area (Å²) in [5.41, 5.74) is 1.08. The molecule has 2 rings (SSSR count). The van der Waals surface area contributed by atoms with Gasteiger partial charge in [0.05, 0.1) is 5.25 Å². The zero-order chi connectivity index (χ0) is 18.6. The molecule has 0 aliphatic rings. The van der Waals surface area contributed by atoms with Gasteiger partial charge in [-0.25, -0.2) is 4.68 Å². The van der Waals surface area contributed by atoms with Gasteiger partial charge in [-0.05, 0) is 18.4 Å². The zero-order valence-electron chi connectivity index (χ0n) is 13.6. The summed E-state index contributed by atoms with van der Waals surface area (Å²) in [5, 5.41) is 8.35. The third-order valence-electron chi connectivity index (χ3n) is 3.52. The molecule has 1 heterocycles. The van der Waals surface area contributed by atoms with Gasteiger partial charge in [0, 0.05) is 6.54 Å². The zero-order valence-corrected chi connectivity index (χ0v) is 14.4. The maximum atomic E-state index is 12.6. The number of nitrogens with two attached hydrogens (primary N) is 1. The normalized spacial score (nSPS) is 14.1. The molecule has 2 atom stereocenters. The van der Waals surface area contributed by atoms with Crippen molar-refractivity contribution >= 4 is 17.7 Å². The van der Waals surface area contributed by atoms with E-state index in [-0.39, 0.29) is 17.0 Å². The molecular weight excluding hydrogens is 355 g/mol. The number of benzene rings is 1. The minimum Gasteiger partial charge on any atom is -0.355 e. The van der Waals surface area contributed by atoms with Crippen LogP contribution < -0.4 is 11.2 Å². The van der Waals surface area contributed by atoms with Gasteiger partial charge in [-0.1, -0.05) is 49.0 Å². The molecule has 1 aromatic heterocycles. The molecule has 0 saturated heterocycles. The maximum Gasteiger partial charge on any atom is 0.453 e. The van der Waals surface area contributed by atoms with Crippen LogP contribution in [-0.4, -0.2) is 32.6 Å². The molecule has 2 aromatic rings. The van der Waals surface area contributed by atoms with Gasteiger partial charge in [-0.2, -0.15) is 13.2 Å². The Morgan fingerprint density at radius 1 is 1.28 bits per heavy atom. The molecule has 0 fully saturated rings. The molecule has 3 N–H and O–H groups in total. The smallest absolute Gasteiger partial charge is 0.355 e. The van der Waals surface area contributed by atoms with Crippen LogP contribution in [0.2, 0.25) is 0 Å². The van der Waals surface area contributed by atoms with Crippen molar-refractivity contribution in [2.24, 2.45) is 0 Å². The highest BCUT2D eigenvalue weighted by Crippen LogP contribution is 2.30. The number of nitrogens with zero attached hydrogens (tertiary/aromatic N) is 3. The maximum absolute atomic E-state index is 12.6. The average Bonchev–Trinajstić information content (AvgIpc) is 2.94. The van der Waals surface area contributed by atoms with E-state index in [9.17, 15) is 18.0 Å². The van der Waals surface area contributed by atoms with Crippen molar-refractivity contribution in [1.82, 2.24) is 20.2 Å². The summed E-state index contributed by atoms with van der Waals surface area (Å²) < 4.78 is 38.3. The summed E-state index contributed by atoms with van der Waals surface area (Å²) in [4.78, 5) is 12.1. The number of alkyl halides is 3. The molecule has 0 bridgehead atoms. The SMILES string of the molecule is CC(Sc1nnc(C(F)(F)F)n1N)C(=O)NCC(C)c1ccccc1. The number of hydrogen-bond acceptors (Lipinski definition) is 5. The van der Waals surface area contributed by atoms with Crippen molar-refractivity contribution in [3.8, 4) is 0 Å². The lowest BCUT2D eigenvalue weighted by atomic mass is 10.0. The minimum absolute atomic E-state index is 0.109. The quantitative estimate of drug-likeness (QED) is 0.600. The van der Waals surface area contributed by atoms with Crippen LogP contribution in [0.5, 0.6) is 0 Å². The molecule has 0 spiro atoms. The van der Waals surface area contributed by atoms with Crippen molar-refractivity contribution in [3.05, 3.63) is 41.7 Å². The monoisotopic (exact) mass is 373 g/mol. The molecule has 0 aliphatic carbocycles. The number of amides is 1. The van der Waals surface area contributed by atoms with Crippen LogP contribution in [0.25, 0.3) is 0 Å². The Balaban J connectivity index is 1.92. The highest BCUT2D eigenvalue weighted by molar-refractivity contribution is 8.00. The third-order valence-corrected chi connectivity index (χ3v) is 4.58. The fraction of sp³-hybridized carbons (Fsp3) is 0.400. The molecule has 25 heavy (non-hydrogen) atoms.